The predicted octanol–water partition coefficient (Wildman–Crippen LogP) is 2.53. The molecule has 1 aliphatic heterocycles. The lowest BCUT2D eigenvalue weighted by atomic mass is 10.1. The van der Waals surface area contributed by atoms with Gasteiger partial charge in [-0.25, -0.2) is 4.98 Å². The topological polar surface area (TPSA) is 92.1 Å². The normalized spacial score (nSPS) is 14.2. The van der Waals surface area contributed by atoms with Gasteiger partial charge in [0.1, 0.15) is 18.2 Å². The zero-order valence-corrected chi connectivity index (χ0v) is 19.7. The molecule has 2 aromatic carbocycles. The second kappa shape index (κ2) is 10.7. The SMILES string of the molecule is COc1cc2nc(CN3CCOCC3)n(CCOc3ccccc3C(C)=O)c(=O)c2cc1OC. The highest BCUT2D eigenvalue weighted by atomic mass is 16.5. The van der Waals surface area contributed by atoms with Gasteiger partial charge in [-0.3, -0.25) is 19.1 Å². The van der Waals surface area contributed by atoms with Crippen LogP contribution in [0.25, 0.3) is 10.9 Å². The van der Waals surface area contributed by atoms with Crippen molar-refractivity contribution in [2.45, 2.75) is 20.0 Å². The van der Waals surface area contributed by atoms with Crippen LogP contribution in [-0.2, 0) is 17.8 Å². The van der Waals surface area contributed by atoms with Gasteiger partial charge in [-0.1, -0.05) is 12.1 Å². The number of Topliss-reactive ketones (excluding diaryl/α,β-unsaturated/α-hetero) is 1. The Kier molecular flexibility index (Phi) is 7.44. The Morgan fingerprint density at radius 1 is 1.06 bits per heavy atom. The van der Waals surface area contributed by atoms with Crippen molar-refractivity contribution in [3.05, 3.63) is 58.1 Å². The van der Waals surface area contributed by atoms with E-state index in [1.54, 1.807) is 42.0 Å². The van der Waals surface area contributed by atoms with E-state index in [2.05, 4.69) is 4.90 Å². The fraction of sp³-hybridized carbons (Fsp3) is 0.400. The van der Waals surface area contributed by atoms with E-state index < -0.39 is 0 Å². The van der Waals surface area contributed by atoms with Crippen molar-refractivity contribution in [1.29, 1.82) is 0 Å². The van der Waals surface area contributed by atoms with Crippen molar-refractivity contribution in [2.24, 2.45) is 0 Å². The summed E-state index contributed by atoms with van der Waals surface area (Å²) in [5.41, 5.74) is 0.875. The molecule has 0 spiro atoms. The van der Waals surface area contributed by atoms with Crippen LogP contribution in [0.5, 0.6) is 17.2 Å². The summed E-state index contributed by atoms with van der Waals surface area (Å²) in [7, 11) is 3.08. The Labute approximate surface area is 197 Å². The van der Waals surface area contributed by atoms with Crippen molar-refractivity contribution in [3.63, 3.8) is 0 Å². The third kappa shape index (κ3) is 5.05. The van der Waals surface area contributed by atoms with E-state index >= 15 is 0 Å². The summed E-state index contributed by atoms with van der Waals surface area (Å²) in [6, 6.07) is 10.5. The number of rotatable bonds is 9. The van der Waals surface area contributed by atoms with Gasteiger partial charge >= 0.3 is 0 Å². The fourth-order valence-electron chi connectivity index (χ4n) is 4.03. The third-order valence-electron chi connectivity index (χ3n) is 5.85. The van der Waals surface area contributed by atoms with Gasteiger partial charge in [0.15, 0.2) is 17.3 Å². The maximum Gasteiger partial charge on any atom is 0.261 e. The maximum absolute atomic E-state index is 13.5. The van der Waals surface area contributed by atoms with E-state index in [4.69, 9.17) is 23.9 Å². The number of carbonyl (C=O) groups is 1. The molecule has 9 nitrogen and oxygen atoms in total. The zero-order valence-electron chi connectivity index (χ0n) is 19.7. The highest BCUT2D eigenvalue weighted by molar-refractivity contribution is 5.96. The molecule has 4 rings (SSSR count). The first-order chi connectivity index (χ1) is 16.5. The molecule has 0 amide bonds. The highest BCUT2D eigenvalue weighted by Gasteiger charge is 2.19. The van der Waals surface area contributed by atoms with Crippen LogP contribution in [0.4, 0.5) is 0 Å². The van der Waals surface area contributed by atoms with Crippen LogP contribution in [0.2, 0.25) is 0 Å². The number of ketones is 1. The highest BCUT2D eigenvalue weighted by Crippen LogP contribution is 2.30. The lowest BCUT2D eigenvalue weighted by molar-refractivity contribution is 0.0323. The van der Waals surface area contributed by atoms with Gasteiger partial charge in [0.25, 0.3) is 5.56 Å². The van der Waals surface area contributed by atoms with Crippen LogP contribution in [-0.4, -0.2) is 67.4 Å². The van der Waals surface area contributed by atoms with Gasteiger partial charge in [0.05, 0.1) is 57.0 Å². The smallest absolute Gasteiger partial charge is 0.261 e. The van der Waals surface area contributed by atoms with Crippen LogP contribution in [0.3, 0.4) is 0 Å². The maximum atomic E-state index is 13.5. The van der Waals surface area contributed by atoms with Crippen molar-refractivity contribution < 1.29 is 23.7 Å². The minimum absolute atomic E-state index is 0.0748. The first-order valence-corrected chi connectivity index (χ1v) is 11.2. The molecule has 0 atom stereocenters. The second-order valence-electron chi connectivity index (χ2n) is 8.00. The van der Waals surface area contributed by atoms with Gasteiger partial charge in [-0.05, 0) is 25.1 Å². The molecule has 1 fully saturated rings. The average Bonchev–Trinajstić information content (AvgIpc) is 2.86. The van der Waals surface area contributed by atoms with Crippen LogP contribution < -0.4 is 19.8 Å². The summed E-state index contributed by atoms with van der Waals surface area (Å²) in [6.45, 7) is 5.32. The number of ether oxygens (including phenoxy) is 4. The number of hydrogen-bond donors (Lipinski definition) is 0. The van der Waals surface area contributed by atoms with E-state index in [1.165, 1.54) is 14.0 Å². The molecule has 3 aromatic rings. The Bertz CT molecular complexity index is 1230. The van der Waals surface area contributed by atoms with Gasteiger partial charge in [0, 0.05) is 19.2 Å². The molecule has 2 heterocycles. The first-order valence-electron chi connectivity index (χ1n) is 11.2. The molecule has 0 saturated carbocycles. The largest absolute Gasteiger partial charge is 0.493 e. The van der Waals surface area contributed by atoms with Crippen molar-refractivity contribution in [3.8, 4) is 17.2 Å². The number of nitrogens with zero attached hydrogens (tertiary/aromatic N) is 3. The van der Waals surface area contributed by atoms with Crippen molar-refractivity contribution in [2.75, 3.05) is 47.1 Å². The van der Waals surface area contributed by atoms with Gasteiger partial charge in [-0.15, -0.1) is 0 Å². The molecule has 0 aliphatic carbocycles. The van der Waals surface area contributed by atoms with Crippen LogP contribution >= 0.6 is 0 Å². The number of hydrogen-bond acceptors (Lipinski definition) is 8. The average molecular weight is 468 g/mol. The summed E-state index contributed by atoms with van der Waals surface area (Å²) in [5, 5.41) is 0.438. The summed E-state index contributed by atoms with van der Waals surface area (Å²) in [4.78, 5) is 32.5. The molecule has 1 aromatic heterocycles. The van der Waals surface area contributed by atoms with Crippen molar-refractivity contribution in [1.82, 2.24) is 14.5 Å². The van der Waals surface area contributed by atoms with Crippen molar-refractivity contribution >= 4 is 16.7 Å². The Hall–Kier alpha value is -3.43. The zero-order chi connectivity index (χ0) is 24.1. The summed E-state index contributed by atoms with van der Waals surface area (Å²) >= 11 is 0. The number of fused-ring (bicyclic) bond motifs is 1. The quantitative estimate of drug-likeness (QED) is 0.444. The molecule has 0 bridgehead atoms. The third-order valence-corrected chi connectivity index (χ3v) is 5.85. The molecule has 34 heavy (non-hydrogen) atoms. The lowest BCUT2D eigenvalue weighted by Gasteiger charge is -2.27. The summed E-state index contributed by atoms with van der Waals surface area (Å²) in [6.07, 6.45) is 0. The van der Waals surface area contributed by atoms with E-state index in [9.17, 15) is 9.59 Å². The van der Waals surface area contributed by atoms with E-state index in [1.807, 2.05) is 6.07 Å². The minimum atomic E-state index is -0.183. The minimum Gasteiger partial charge on any atom is -0.493 e. The Morgan fingerprint density at radius 3 is 2.47 bits per heavy atom. The monoisotopic (exact) mass is 467 g/mol. The molecule has 180 valence electrons. The predicted molar refractivity (Wildman–Crippen MR) is 127 cm³/mol. The molecule has 0 radical (unpaired) electrons. The molecule has 1 aliphatic rings. The molecular formula is C25H29N3O6. The van der Waals surface area contributed by atoms with Crippen LogP contribution in [0, 0.1) is 0 Å². The molecule has 9 heteroatoms. The Morgan fingerprint density at radius 2 is 1.76 bits per heavy atom. The molecule has 0 N–H and O–H groups in total. The van der Waals surface area contributed by atoms with Crippen LogP contribution in [0.1, 0.15) is 23.1 Å². The van der Waals surface area contributed by atoms with E-state index in [-0.39, 0.29) is 24.5 Å². The number of methoxy groups -OCH3 is 2. The molecule has 0 unspecified atom stereocenters. The van der Waals surface area contributed by atoms with Gasteiger partial charge < -0.3 is 18.9 Å². The van der Waals surface area contributed by atoms with E-state index in [0.717, 1.165) is 13.1 Å². The number of aromatic nitrogens is 2. The van der Waals surface area contributed by atoms with E-state index in [0.29, 0.717) is 59.3 Å². The molecule has 1 saturated heterocycles. The van der Waals surface area contributed by atoms with Gasteiger partial charge in [0.2, 0.25) is 0 Å². The van der Waals surface area contributed by atoms with Crippen LogP contribution in [0.15, 0.2) is 41.2 Å². The van der Waals surface area contributed by atoms with Gasteiger partial charge in [-0.2, -0.15) is 0 Å². The number of para-hydroxylation sites is 1. The number of carbonyl (C=O) groups excluding carboxylic acids is 1. The number of benzene rings is 2. The fourth-order valence-corrected chi connectivity index (χ4v) is 4.03. The standard InChI is InChI=1S/C25H29N3O6/c1-17(29)18-6-4-5-7-21(18)34-13-10-28-24(16-27-8-11-33-12-9-27)26-20-15-23(32-3)22(31-2)14-19(20)25(28)30/h4-7,14-15H,8-13,16H2,1-3H3. The number of morpholine rings is 1. The second-order valence-corrected chi connectivity index (χ2v) is 8.00. The molecular weight excluding hydrogens is 438 g/mol. The summed E-state index contributed by atoms with van der Waals surface area (Å²) < 4.78 is 23.8. The lowest BCUT2D eigenvalue weighted by Crippen LogP contribution is -2.38. The first kappa shape index (κ1) is 23.7. The summed E-state index contributed by atoms with van der Waals surface area (Å²) in [5.74, 6) is 2.04. The Balaban J connectivity index is 1.68.